The van der Waals surface area contributed by atoms with Gasteiger partial charge >= 0.3 is 0 Å². The third-order valence-corrected chi connectivity index (χ3v) is 7.58. The van der Waals surface area contributed by atoms with Gasteiger partial charge in [-0.3, -0.25) is 9.10 Å². The highest BCUT2D eigenvalue weighted by atomic mass is 32.2. The quantitative estimate of drug-likeness (QED) is 0.697. The molecule has 1 fully saturated rings. The molecular weight excluding hydrogens is 393 g/mol. The Balaban J connectivity index is 1.94. The molecule has 8 heteroatoms. The van der Waals surface area contributed by atoms with Crippen LogP contribution in [0.15, 0.2) is 48.5 Å². The summed E-state index contributed by atoms with van der Waals surface area (Å²) in [4.78, 5) is 13.8. The molecule has 0 saturated carbocycles. The van der Waals surface area contributed by atoms with Gasteiger partial charge in [0.2, 0.25) is 10.0 Å². The summed E-state index contributed by atoms with van der Waals surface area (Å²) in [6.45, 7) is 1.06. The number of nitrogens with two attached hydrogens (primary N) is 1. The van der Waals surface area contributed by atoms with Crippen LogP contribution in [-0.2, 0) is 16.6 Å². The van der Waals surface area contributed by atoms with Crippen molar-refractivity contribution in [2.75, 3.05) is 31.0 Å². The molecule has 3 rings (SSSR count). The molecule has 0 amide bonds. The smallest absolute Gasteiger partial charge is 0.238 e. The Bertz CT molecular complexity index is 958. The van der Waals surface area contributed by atoms with Gasteiger partial charge in [-0.25, -0.2) is 12.8 Å². The maximum atomic E-state index is 14.7. The van der Waals surface area contributed by atoms with Crippen molar-refractivity contribution in [2.45, 2.75) is 24.6 Å². The van der Waals surface area contributed by atoms with Gasteiger partial charge in [0, 0.05) is 11.1 Å². The Labute approximate surface area is 171 Å². The van der Waals surface area contributed by atoms with Gasteiger partial charge in [0.1, 0.15) is 5.82 Å². The molecular formula is C21H26FN3O3S. The molecule has 2 aromatic rings. The van der Waals surface area contributed by atoms with Crippen molar-refractivity contribution in [1.29, 1.82) is 0 Å². The molecule has 0 aliphatic carbocycles. The molecule has 29 heavy (non-hydrogen) atoms. The van der Waals surface area contributed by atoms with Gasteiger partial charge in [0.25, 0.3) is 0 Å². The minimum atomic E-state index is -3.69. The zero-order chi connectivity index (χ0) is 21.0. The van der Waals surface area contributed by atoms with Crippen LogP contribution < -0.4 is 10.0 Å². The second kappa shape index (κ2) is 9.02. The van der Waals surface area contributed by atoms with E-state index in [2.05, 4.69) is 4.90 Å². The molecule has 1 heterocycles. The number of para-hydroxylation sites is 1. The lowest BCUT2D eigenvalue weighted by atomic mass is 10.1. The highest BCUT2D eigenvalue weighted by Gasteiger charge is 2.34. The summed E-state index contributed by atoms with van der Waals surface area (Å²) >= 11 is 0. The van der Waals surface area contributed by atoms with E-state index in [0.717, 1.165) is 6.07 Å². The van der Waals surface area contributed by atoms with E-state index in [9.17, 15) is 17.6 Å². The Hall–Kier alpha value is -2.29. The fourth-order valence-corrected chi connectivity index (χ4v) is 5.41. The Kier molecular flexibility index (Phi) is 6.66. The zero-order valence-corrected chi connectivity index (χ0v) is 17.2. The van der Waals surface area contributed by atoms with Crippen LogP contribution in [0.4, 0.5) is 10.1 Å². The van der Waals surface area contributed by atoms with Crippen LogP contribution in [0.2, 0.25) is 0 Å². The molecule has 0 spiro atoms. The highest BCUT2D eigenvalue weighted by molar-refractivity contribution is 7.93. The number of piperidine rings is 1. The molecule has 1 saturated heterocycles. The van der Waals surface area contributed by atoms with Gasteiger partial charge in [-0.05, 0) is 51.2 Å². The molecule has 0 aromatic heterocycles. The number of halogens is 1. The number of likely N-dealkylation sites (tertiary alicyclic amines) is 1. The molecule has 0 bridgehead atoms. The number of sulfonamides is 1. The van der Waals surface area contributed by atoms with Crippen molar-refractivity contribution in [3.05, 3.63) is 65.5 Å². The van der Waals surface area contributed by atoms with Crippen molar-refractivity contribution >= 4 is 21.5 Å². The number of hydrogen-bond donors (Lipinski definition) is 1. The van der Waals surface area contributed by atoms with E-state index >= 15 is 0 Å². The lowest BCUT2D eigenvalue weighted by Gasteiger charge is -2.34. The number of benzene rings is 2. The highest BCUT2D eigenvalue weighted by Crippen LogP contribution is 2.28. The minimum absolute atomic E-state index is 0.137. The van der Waals surface area contributed by atoms with Crippen LogP contribution in [0.5, 0.6) is 0 Å². The van der Waals surface area contributed by atoms with Gasteiger partial charge in [-0.2, -0.15) is 0 Å². The predicted molar refractivity (Wildman–Crippen MR) is 112 cm³/mol. The number of hydrogen-bond acceptors (Lipinski definition) is 5. The maximum Gasteiger partial charge on any atom is 0.238 e. The molecule has 1 aliphatic heterocycles. The first kappa shape index (κ1) is 21.4. The van der Waals surface area contributed by atoms with E-state index in [1.54, 1.807) is 30.3 Å². The number of carbonyl (C=O) groups excluding carboxylic acids is 1. The number of anilines is 1. The minimum Gasteiger partial charge on any atom is -0.324 e. The first-order valence-corrected chi connectivity index (χ1v) is 11.1. The van der Waals surface area contributed by atoms with Crippen LogP contribution in [0, 0.1) is 5.82 Å². The molecule has 156 valence electrons. The van der Waals surface area contributed by atoms with Gasteiger partial charge in [0.15, 0.2) is 5.78 Å². The molecule has 0 unspecified atom stereocenters. The van der Waals surface area contributed by atoms with Crippen LogP contribution >= 0.6 is 0 Å². The largest absolute Gasteiger partial charge is 0.324 e. The number of ketones is 1. The van der Waals surface area contributed by atoms with Crippen molar-refractivity contribution in [3.63, 3.8) is 0 Å². The summed E-state index contributed by atoms with van der Waals surface area (Å²) in [7, 11) is -1.72. The number of rotatable bonds is 7. The van der Waals surface area contributed by atoms with Gasteiger partial charge in [-0.1, -0.05) is 30.3 Å². The van der Waals surface area contributed by atoms with Crippen molar-refractivity contribution in [3.8, 4) is 0 Å². The third kappa shape index (κ3) is 4.83. The summed E-state index contributed by atoms with van der Waals surface area (Å²) in [6, 6.07) is 12.8. The maximum absolute atomic E-state index is 14.7. The van der Waals surface area contributed by atoms with E-state index in [1.165, 1.54) is 16.4 Å². The fourth-order valence-electron chi connectivity index (χ4n) is 3.51. The van der Waals surface area contributed by atoms with Gasteiger partial charge in [0.05, 0.1) is 24.0 Å². The van der Waals surface area contributed by atoms with E-state index < -0.39 is 21.1 Å². The summed E-state index contributed by atoms with van der Waals surface area (Å²) in [5.41, 5.74) is 6.22. The molecule has 6 nitrogen and oxygen atoms in total. The molecule has 2 N–H and O–H groups in total. The molecule has 2 aromatic carbocycles. The van der Waals surface area contributed by atoms with Crippen LogP contribution in [0.1, 0.15) is 28.8 Å². The average molecular weight is 420 g/mol. The zero-order valence-electron chi connectivity index (χ0n) is 16.4. The Morgan fingerprint density at radius 3 is 2.41 bits per heavy atom. The van der Waals surface area contributed by atoms with Crippen molar-refractivity contribution in [2.24, 2.45) is 5.73 Å². The lowest BCUT2D eigenvalue weighted by molar-refractivity contribution is 0.100. The monoisotopic (exact) mass is 419 g/mol. The van der Waals surface area contributed by atoms with E-state index in [-0.39, 0.29) is 30.0 Å². The Morgan fingerprint density at radius 2 is 1.83 bits per heavy atom. The first-order chi connectivity index (χ1) is 13.8. The van der Waals surface area contributed by atoms with Gasteiger partial charge < -0.3 is 10.6 Å². The topological polar surface area (TPSA) is 83.7 Å². The van der Waals surface area contributed by atoms with Crippen LogP contribution in [-0.4, -0.2) is 51.0 Å². The van der Waals surface area contributed by atoms with E-state index in [0.29, 0.717) is 31.6 Å². The number of carbonyl (C=O) groups is 1. The number of nitrogens with zero attached hydrogens (tertiary/aromatic N) is 2. The summed E-state index contributed by atoms with van der Waals surface area (Å²) < 4.78 is 42.9. The van der Waals surface area contributed by atoms with Gasteiger partial charge in [-0.15, -0.1) is 0 Å². The van der Waals surface area contributed by atoms with E-state index in [1.807, 2.05) is 7.05 Å². The third-order valence-electron chi connectivity index (χ3n) is 5.31. The van der Waals surface area contributed by atoms with Crippen molar-refractivity contribution < 1.29 is 17.6 Å². The Morgan fingerprint density at radius 1 is 1.17 bits per heavy atom. The van der Waals surface area contributed by atoms with Crippen molar-refractivity contribution in [1.82, 2.24) is 4.90 Å². The lowest BCUT2D eigenvalue weighted by Crippen LogP contribution is -2.44. The second-order valence-electron chi connectivity index (χ2n) is 7.32. The number of Topliss-reactive ketones (excluding diaryl/α,β-unsaturated/α-hetero) is 1. The average Bonchev–Trinajstić information content (AvgIpc) is 2.73. The van der Waals surface area contributed by atoms with E-state index in [4.69, 9.17) is 5.73 Å². The first-order valence-electron chi connectivity index (χ1n) is 9.59. The normalized spacial score (nSPS) is 16.0. The fraction of sp³-hybridized carbons (Fsp3) is 0.381. The summed E-state index contributed by atoms with van der Waals surface area (Å²) in [5.74, 6) is -0.988. The van der Waals surface area contributed by atoms with Crippen LogP contribution in [0.3, 0.4) is 0 Å². The summed E-state index contributed by atoms with van der Waals surface area (Å²) in [6.07, 6.45) is 1.07. The molecule has 0 radical (unpaired) electrons. The standard InChI is InChI=1S/C21H26FN3O3S/c1-24-11-9-19(10-12-24)29(27,28)25(18-5-3-2-4-6-18)15-17-8-7-16(13-20(17)22)21(26)14-23/h2-8,13,19H,9-12,14-15,23H2,1H3. The second-order valence-corrected chi connectivity index (χ2v) is 9.46. The SMILES string of the molecule is CN1CCC(S(=O)(=O)N(Cc2ccc(C(=O)CN)cc2F)c2ccccc2)CC1. The molecule has 1 aliphatic rings. The molecule has 0 atom stereocenters. The summed E-state index contributed by atoms with van der Waals surface area (Å²) in [5, 5.41) is -0.514. The predicted octanol–water partition coefficient (Wildman–Crippen LogP) is 2.40. The van der Waals surface area contributed by atoms with Crippen LogP contribution in [0.25, 0.3) is 0 Å².